The number of aromatic nitrogens is 4. The van der Waals surface area contributed by atoms with Crippen molar-refractivity contribution in [2.75, 3.05) is 0 Å². The Labute approximate surface area is 298 Å². The Morgan fingerprint density at radius 1 is 0.269 bits per heavy atom. The molecule has 0 unspecified atom stereocenters. The molecule has 0 aliphatic rings. The first-order chi connectivity index (χ1) is 25.7. The highest BCUT2D eigenvalue weighted by Gasteiger charge is 2.18. The van der Waals surface area contributed by atoms with Crippen molar-refractivity contribution in [3.05, 3.63) is 170 Å². The standard InChI is InChI=1S/C46H28N4O2/c1-3-13-35(45-49-39-17-7-9-19-41(39)51-45)33(11-1)29-21-25-31(26-22-29)43-44(48-38-16-6-5-15-37(38)47-43)32-27-23-30(24-28-32)34-12-2-4-14-36(34)46-50-40-18-8-10-20-42(40)52-46/h1-28H. The predicted molar refractivity (Wildman–Crippen MR) is 207 cm³/mol. The molecule has 0 saturated carbocycles. The highest BCUT2D eigenvalue weighted by molar-refractivity contribution is 5.90. The van der Waals surface area contributed by atoms with Gasteiger partial charge in [0, 0.05) is 22.3 Å². The van der Waals surface area contributed by atoms with Crippen LogP contribution in [0.5, 0.6) is 0 Å². The van der Waals surface area contributed by atoms with Crippen molar-refractivity contribution in [2.24, 2.45) is 0 Å². The second-order valence-corrected chi connectivity index (χ2v) is 12.6. The fraction of sp³-hybridized carbons (Fsp3) is 0. The summed E-state index contributed by atoms with van der Waals surface area (Å²) >= 11 is 0. The Balaban J connectivity index is 1.03. The average molecular weight is 669 g/mol. The van der Waals surface area contributed by atoms with Gasteiger partial charge in [-0.1, -0.05) is 121 Å². The van der Waals surface area contributed by atoms with Crippen LogP contribution in [0.3, 0.4) is 0 Å². The number of oxazole rings is 2. The molecule has 3 aromatic heterocycles. The summed E-state index contributed by atoms with van der Waals surface area (Å²) in [6, 6.07) is 57.1. The third kappa shape index (κ3) is 5.22. The van der Waals surface area contributed by atoms with Crippen LogP contribution in [0.2, 0.25) is 0 Å². The van der Waals surface area contributed by atoms with E-state index >= 15 is 0 Å². The van der Waals surface area contributed by atoms with E-state index in [1.165, 1.54) is 0 Å². The topological polar surface area (TPSA) is 77.8 Å². The van der Waals surface area contributed by atoms with E-state index in [2.05, 4.69) is 72.8 Å². The smallest absolute Gasteiger partial charge is 0.227 e. The minimum atomic E-state index is 0.600. The lowest BCUT2D eigenvalue weighted by molar-refractivity contribution is 0.619. The van der Waals surface area contributed by atoms with Gasteiger partial charge < -0.3 is 8.83 Å². The number of nitrogens with zero attached hydrogens (tertiary/aromatic N) is 4. The van der Waals surface area contributed by atoms with E-state index < -0.39 is 0 Å². The zero-order valence-electron chi connectivity index (χ0n) is 27.8. The maximum absolute atomic E-state index is 6.16. The fourth-order valence-electron chi connectivity index (χ4n) is 6.84. The third-order valence-corrected chi connectivity index (χ3v) is 9.41. The molecule has 244 valence electrons. The predicted octanol–water partition coefficient (Wildman–Crippen LogP) is 11.9. The lowest BCUT2D eigenvalue weighted by atomic mass is 9.95. The molecule has 0 saturated heterocycles. The van der Waals surface area contributed by atoms with Gasteiger partial charge in [0.25, 0.3) is 0 Å². The van der Waals surface area contributed by atoms with Crippen molar-refractivity contribution in [2.45, 2.75) is 0 Å². The van der Waals surface area contributed by atoms with Crippen LogP contribution in [-0.4, -0.2) is 19.9 Å². The Hall–Kier alpha value is -7.18. The Morgan fingerprint density at radius 2 is 0.596 bits per heavy atom. The van der Waals surface area contributed by atoms with E-state index in [1.807, 2.05) is 97.1 Å². The molecule has 0 aliphatic carbocycles. The van der Waals surface area contributed by atoms with Gasteiger partial charge >= 0.3 is 0 Å². The average Bonchev–Trinajstić information content (AvgIpc) is 3.86. The first kappa shape index (κ1) is 29.7. The molecule has 0 radical (unpaired) electrons. The molecule has 7 aromatic carbocycles. The number of fused-ring (bicyclic) bond motifs is 3. The van der Waals surface area contributed by atoms with E-state index in [4.69, 9.17) is 28.8 Å². The van der Waals surface area contributed by atoms with Crippen LogP contribution in [0.1, 0.15) is 0 Å². The summed E-state index contributed by atoms with van der Waals surface area (Å²) in [6.45, 7) is 0. The highest BCUT2D eigenvalue weighted by Crippen LogP contribution is 2.38. The molecule has 0 aliphatic heterocycles. The number of para-hydroxylation sites is 6. The molecule has 6 nitrogen and oxygen atoms in total. The fourth-order valence-corrected chi connectivity index (χ4v) is 6.84. The molecule has 0 bridgehead atoms. The van der Waals surface area contributed by atoms with Gasteiger partial charge in [0.2, 0.25) is 11.8 Å². The highest BCUT2D eigenvalue weighted by atomic mass is 16.4. The molecule has 0 fully saturated rings. The van der Waals surface area contributed by atoms with Crippen molar-refractivity contribution in [3.8, 4) is 67.7 Å². The van der Waals surface area contributed by atoms with Gasteiger partial charge in [-0.2, -0.15) is 0 Å². The lowest BCUT2D eigenvalue weighted by Crippen LogP contribution is -1.96. The van der Waals surface area contributed by atoms with E-state index in [-0.39, 0.29) is 0 Å². The van der Waals surface area contributed by atoms with Crippen molar-refractivity contribution < 1.29 is 8.83 Å². The van der Waals surface area contributed by atoms with Crippen LogP contribution in [0.25, 0.3) is 101 Å². The second-order valence-electron chi connectivity index (χ2n) is 12.6. The summed E-state index contributed by atoms with van der Waals surface area (Å²) in [5.41, 5.74) is 14.6. The van der Waals surface area contributed by atoms with E-state index in [0.29, 0.717) is 11.8 Å². The van der Waals surface area contributed by atoms with Crippen LogP contribution in [-0.2, 0) is 0 Å². The number of benzene rings is 7. The second kappa shape index (κ2) is 12.3. The summed E-state index contributed by atoms with van der Waals surface area (Å²) in [6.07, 6.45) is 0. The largest absolute Gasteiger partial charge is 0.436 e. The zero-order chi connectivity index (χ0) is 34.4. The van der Waals surface area contributed by atoms with E-state index in [1.54, 1.807) is 0 Å². The Morgan fingerprint density at radius 3 is 1.00 bits per heavy atom. The molecule has 0 spiro atoms. The van der Waals surface area contributed by atoms with Crippen molar-refractivity contribution >= 4 is 33.2 Å². The maximum atomic E-state index is 6.16. The van der Waals surface area contributed by atoms with Gasteiger partial charge in [-0.25, -0.2) is 19.9 Å². The third-order valence-electron chi connectivity index (χ3n) is 9.41. The van der Waals surface area contributed by atoms with Gasteiger partial charge in [0.1, 0.15) is 11.0 Å². The molecule has 0 N–H and O–H groups in total. The molecular weight excluding hydrogens is 641 g/mol. The van der Waals surface area contributed by atoms with Gasteiger partial charge in [0.05, 0.1) is 22.4 Å². The zero-order valence-corrected chi connectivity index (χ0v) is 27.8. The van der Waals surface area contributed by atoms with Gasteiger partial charge in [-0.15, -0.1) is 0 Å². The molecule has 10 aromatic rings. The summed E-state index contributed by atoms with van der Waals surface area (Å²) in [5, 5.41) is 0. The summed E-state index contributed by atoms with van der Waals surface area (Å²) in [7, 11) is 0. The first-order valence-corrected chi connectivity index (χ1v) is 17.1. The summed E-state index contributed by atoms with van der Waals surface area (Å²) in [5.74, 6) is 1.20. The van der Waals surface area contributed by atoms with Crippen molar-refractivity contribution in [3.63, 3.8) is 0 Å². The van der Waals surface area contributed by atoms with Crippen molar-refractivity contribution in [1.82, 2.24) is 19.9 Å². The summed E-state index contributed by atoms with van der Waals surface area (Å²) in [4.78, 5) is 19.9. The molecular formula is C46H28N4O2. The lowest BCUT2D eigenvalue weighted by Gasteiger charge is -2.13. The van der Waals surface area contributed by atoms with Gasteiger partial charge in [0.15, 0.2) is 11.2 Å². The molecule has 0 atom stereocenters. The van der Waals surface area contributed by atoms with Gasteiger partial charge in [-0.05, 0) is 70.8 Å². The van der Waals surface area contributed by atoms with E-state index in [0.717, 1.165) is 89.1 Å². The molecule has 0 amide bonds. The molecule has 3 heterocycles. The molecule has 10 rings (SSSR count). The van der Waals surface area contributed by atoms with E-state index in [9.17, 15) is 0 Å². The Kier molecular flexibility index (Phi) is 7.03. The van der Waals surface area contributed by atoms with Crippen LogP contribution in [0.15, 0.2) is 179 Å². The van der Waals surface area contributed by atoms with Crippen LogP contribution < -0.4 is 0 Å². The number of rotatable bonds is 6. The Bertz CT molecular complexity index is 2640. The first-order valence-electron chi connectivity index (χ1n) is 17.1. The van der Waals surface area contributed by atoms with Crippen LogP contribution in [0, 0.1) is 0 Å². The monoisotopic (exact) mass is 668 g/mol. The SMILES string of the molecule is c1ccc(-c2nc3ccccc3o2)c(-c2ccc(-c3nc4ccccc4nc3-c3ccc(-c4ccccc4-c4nc5ccccc5o4)cc3)cc2)c1. The normalized spacial score (nSPS) is 11.5. The number of hydrogen-bond acceptors (Lipinski definition) is 6. The maximum Gasteiger partial charge on any atom is 0.227 e. The number of hydrogen-bond donors (Lipinski definition) is 0. The van der Waals surface area contributed by atoms with Crippen molar-refractivity contribution in [1.29, 1.82) is 0 Å². The summed E-state index contributed by atoms with van der Waals surface area (Å²) < 4.78 is 12.3. The van der Waals surface area contributed by atoms with Crippen LogP contribution in [0.4, 0.5) is 0 Å². The molecule has 52 heavy (non-hydrogen) atoms. The minimum absolute atomic E-state index is 0.600. The molecule has 6 heteroatoms. The van der Waals surface area contributed by atoms with Gasteiger partial charge in [-0.3, -0.25) is 0 Å². The van der Waals surface area contributed by atoms with Crippen LogP contribution >= 0.6 is 0 Å². The minimum Gasteiger partial charge on any atom is -0.436 e. The quantitative estimate of drug-likeness (QED) is 0.175.